The fourth-order valence-corrected chi connectivity index (χ4v) is 7.26. The number of nitrogens with one attached hydrogen (secondary N) is 1. The number of halogens is 3. The van der Waals surface area contributed by atoms with E-state index in [1.807, 2.05) is 12.1 Å². The van der Waals surface area contributed by atoms with Gasteiger partial charge in [0, 0.05) is 51.3 Å². The van der Waals surface area contributed by atoms with Gasteiger partial charge in [0.1, 0.15) is 18.2 Å². The number of carbonyl (C=O) groups excluding carboxylic acids is 2. The minimum atomic E-state index is -0.518. The van der Waals surface area contributed by atoms with Crippen molar-refractivity contribution in [3.05, 3.63) is 84.8 Å². The van der Waals surface area contributed by atoms with Crippen molar-refractivity contribution in [2.75, 3.05) is 0 Å². The number of hydrogen-bond donors (Lipinski definition) is 1. The summed E-state index contributed by atoms with van der Waals surface area (Å²) in [6.07, 6.45) is 2.31. The second-order valence-corrected chi connectivity index (χ2v) is 13.7. The molecule has 2 aromatic carbocycles. The van der Waals surface area contributed by atoms with E-state index in [1.165, 1.54) is 12.1 Å². The van der Waals surface area contributed by atoms with E-state index in [-0.39, 0.29) is 34.8 Å². The number of hydrogen-bond acceptors (Lipinski definition) is 4. The molecular weight excluding hydrogens is 601 g/mol. The monoisotopic (exact) mass is 629 g/mol. The van der Waals surface area contributed by atoms with E-state index in [1.54, 1.807) is 12.1 Å². The number of ether oxygens (including phenoxy) is 1. The average molecular weight is 631 g/mol. The Balaban J connectivity index is 1.67. The van der Waals surface area contributed by atoms with Crippen LogP contribution < -0.4 is 10.1 Å². The molecule has 194 valence electrons. The summed E-state index contributed by atoms with van der Waals surface area (Å²) in [5.74, 6) is -0.119. The van der Waals surface area contributed by atoms with E-state index >= 15 is 0 Å². The van der Waals surface area contributed by atoms with Gasteiger partial charge in [-0.2, -0.15) is 0 Å². The van der Waals surface area contributed by atoms with Crippen molar-refractivity contribution in [2.24, 2.45) is 10.8 Å². The molecule has 0 spiro atoms. The van der Waals surface area contributed by atoms with Gasteiger partial charge >= 0.3 is 0 Å². The molecule has 0 atom stereocenters. The summed E-state index contributed by atoms with van der Waals surface area (Å²) in [6, 6.07) is 10.0. The van der Waals surface area contributed by atoms with Crippen molar-refractivity contribution in [1.82, 2.24) is 5.32 Å². The van der Waals surface area contributed by atoms with Gasteiger partial charge in [-0.25, -0.2) is 4.39 Å². The highest BCUT2D eigenvalue weighted by Crippen LogP contribution is 2.53. The Kier molecular flexibility index (Phi) is 6.76. The smallest absolute Gasteiger partial charge is 0.162 e. The molecule has 3 aliphatic rings. The lowest BCUT2D eigenvalue weighted by Gasteiger charge is -2.44. The number of rotatable bonds is 4. The number of dihydropyridines is 1. The molecule has 0 unspecified atom stereocenters. The van der Waals surface area contributed by atoms with Crippen molar-refractivity contribution in [1.29, 1.82) is 0 Å². The lowest BCUT2D eigenvalue weighted by Crippen LogP contribution is -2.42. The molecule has 0 aromatic heterocycles. The van der Waals surface area contributed by atoms with Crippen LogP contribution in [0.25, 0.3) is 0 Å². The minimum absolute atomic E-state index is 0.0634. The Bertz CT molecular complexity index is 1320. The molecular formula is C30H30Br2FNO3. The molecule has 37 heavy (non-hydrogen) atoms. The summed E-state index contributed by atoms with van der Waals surface area (Å²) in [4.78, 5) is 27.4. The van der Waals surface area contributed by atoms with E-state index in [0.29, 0.717) is 34.2 Å². The van der Waals surface area contributed by atoms with Gasteiger partial charge in [0.15, 0.2) is 11.6 Å². The summed E-state index contributed by atoms with van der Waals surface area (Å²) in [7, 11) is 0. The molecule has 0 saturated carbocycles. The number of Topliss-reactive ketones (excluding diaryl/α,β-unsaturated/α-hetero) is 2. The Morgan fingerprint density at radius 1 is 0.892 bits per heavy atom. The first kappa shape index (κ1) is 26.4. The van der Waals surface area contributed by atoms with Gasteiger partial charge in [-0.05, 0) is 69.4 Å². The standard InChI is InChI=1S/C30H30Br2FNO3/c1-29(2)11-21-26(23(35)13-29)25(27-22(34-21)12-30(3,4)14-24(27)36)19-9-17(31)10-20(32)28(19)37-15-16-5-7-18(33)8-6-16/h5-10,25,34H,11-15H2,1-4H3. The van der Waals surface area contributed by atoms with Crippen LogP contribution in [0, 0.1) is 16.6 Å². The predicted octanol–water partition coefficient (Wildman–Crippen LogP) is 7.90. The number of carbonyl (C=O) groups is 2. The van der Waals surface area contributed by atoms with Crippen LogP contribution in [-0.4, -0.2) is 11.6 Å². The van der Waals surface area contributed by atoms with Crippen molar-refractivity contribution in [3.63, 3.8) is 0 Å². The molecule has 0 saturated heterocycles. The highest BCUT2D eigenvalue weighted by atomic mass is 79.9. The van der Waals surface area contributed by atoms with Crippen LogP contribution >= 0.6 is 31.9 Å². The molecule has 4 nitrogen and oxygen atoms in total. The third-order valence-electron chi connectivity index (χ3n) is 7.36. The summed E-state index contributed by atoms with van der Waals surface area (Å²) in [5.41, 5.74) is 4.42. The van der Waals surface area contributed by atoms with E-state index in [0.717, 1.165) is 39.8 Å². The van der Waals surface area contributed by atoms with Crippen LogP contribution in [0.2, 0.25) is 0 Å². The molecule has 1 heterocycles. The van der Waals surface area contributed by atoms with Gasteiger partial charge < -0.3 is 10.1 Å². The second-order valence-electron chi connectivity index (χ2n) is 11.9. The molecule has 7 heteroatoms. The van der Waals surface area contributed by atoms with Crippen LogP contribution in [-0.2, 0) is 16.2 Å². The second kappa shape index (κ2) is 9.49. The zero-order chi connectivity index (χ0) is 26.7. The van der Waals surface area contributed by atoms with Gasteiger partial charge in [0.2, 0.25) is 0 Å². The molecule has 5 rings (SSSR count). The maximum atomic E-state index is 13.7. The maximum absolute atomic E-state index is 13.7. The first-order chi connectivity index (χ1) is 17.3. The molecule has 1 aliphatic heterocycles. The van der Waals surface area contributed by atoms with Gasteiger partial charge in [0.05, 0.1) is 4.47 Å². The summed E-state index contributed by atoms with van der Waals surface area (Å²) < 4.78 is 21.3. The van der Waals surface area contributed by atoms with E-state index in [4.69, 9.17) is 4.74 Å². The summed E-state index contributed by atoms with van der Waals surface area (Å²) in [6.45, 7) is 8.66. The summed E-state index contributed by atoms with van der Waals surface area (Å²) in [5, 5.41) is 3.56. The molecule has 1 N–H and O–H groups in total. The first-order valence-electron chi connectivity index (χ1n) is 12.5. The van der Waals surface area contributed by atoms with Crippen molar-refractivity contribution in [3.8, 4) is 5.75 Å². The van der Waals surface area contributed by atoms with Crippen LogP contribution in [0.15, 0.2) is 67.9 Å². The van der Waals surface area contributed by atoms with Gasteiger partial charge in [-0.15, -0.1) is 0 Å². The molecule has 0 amide bonds. The van der Waals surface area contributed by atoms with E-state index in [2.05, 4.69) is 64.9 Å². The number of benzene rings is 2. The van der Waals surface area contributed by atoms with E-state index < -0.39 is 5.92 Å². The third kappa shape index (κ3) is 5.22. The van der Waals surface area contributed by atoms with Crippen LogP contribution in [0.5, 0.6) is 5.75 Å². The zero-order valence-corrected chi connectivity index (χ0v) is 24.6. The average Bonchev–Trinajstić information content (AvgIpc) is 2.76. The lowest BCUT2D eigenvalue weighted by atomic mass is 9.64. The largest absolute Gasteiger partial charge is 0.487 e. The Morgan fingerprint density at radius 3 is 1.97 bits per heavy atom. The Hall–Kier alpha value is -2.25. The Morgan fingerprint density at radius 2 is 1.43 bits per heavy atom. The normalized spacial score (nSPS) is 20.9. The maximum Gasteiger partial charge on any atom is 0.162 e. The number of allylic oxidation sites excluding steroid dienone is 4. The van der Waals surface area contributed by atoms with Crippen LogP contribution in [0.4, 0.5) is 4.39 Å². The number of ketones is 2. The highest BCUT2D eigenvalue weighted by Gasteiger charge is 2.47. The zero-order valence-electron chi connectivity index (χ0n) is 21.4. The quantitative estimate of drug-likeness (QED) is 0.373. The van der Waals surface area contributed by atoms with Gasteiger partial charge in [-0.1, -0.05) is 55.8 Å². The topological polar surface area (TPSA) is 55.4 Å². The van der Waals surface area contributed by atoms with Crippen molar-refractivity contribution in [2.45, 2.75) is 65.9 Å². The first-order valence-corrected chi connectivity index (χ1v) is 14.1. The van der Waals surface area contributed by atoms with Crippen molar-refractivity contribution >= 4 is 43.4 Å². The molecule has 2 aliphatic carbocycles. The summed E-state index contributed by atoms with van der Waals surface area (Å²) >= 11 is 7.28. The minimum Gasteiger partial charge on any atom is -0.487 e. The van der Waals surface area contributed by atoms with Crippen molar-refractivity contribution < 1.29 is 18.7 Å². The van der Waals surface area contributed by atoms with E-state index in [9.17, 15) is 14.0 Å². The molecule has 0 radical (unpaired) electrons. The molecule has 2 aromatic rings. The highest BCUT2D eigenvalue weighted by molar-refractivity contribution is 9.11. The van der Waals surface area contributed by atoms with Crippen LogP contribution in [0.1, 0.15) is 70.4 Å². The third-order valence-corrected chi connectivity index (χ3v) is 8.41. The molecule has 0 bridgehead atoms. The van der Waals surface area contributed by atoms with Crippen LogP contribution in [0.3, 0.4) is 0 Å². The lowest BCUT2D eigenvalue weighted by molar-refractivity contribution is -0.119. The van der Waals surface area contributed by atoms with Gasteiger partial charge in [0.25, 0.3) is 0 Å². The fraction of sp³-hybridized carbons (Fsp3) is 0.400. The predicted molar refractivity (Wildman–Crippen MR) is 149 cm³/mol. The fourth-order valence-electron chi connectivity index (χ4n) is 5.88. The SMILES string of the molecule is CC1(C)CC(=O)C2=C(C1)NC1=C(C(=O)CC(C)(C)C1)C2c1cc(Br)cc(Br)c1OCc1ccc(F)cc1. The Labute approximate surface area is 234 Å². The molecule has 0 fully saturated rings. The van der Waals surface area contributed by atoms with Gasteiger partial charge in [-0.3, -0.25) is 9.59 Å².